The average Bonchev–Trinajstić information content (AvgIpc) is 2.82. The normalized spacial score (nSPS) is 10.5. The summed E-state index contributed by atoms with van der Waals surface area (Å²) in [5.41, 5.74) is 3.34. The molecule has 0 radical (unpaired) electrons. The molecular weight excluding hydrogens is 276 g/mol. The lowest BCUT2D eigenvalue weighted by Crippen LogP contribution is -2.18. The fraction of sp³-hybridized carbons (Fsp3) is 0.412. The number of unbranched alkanes of at least 4 members (excludes halogenated alkanes) is 1. The number of aromatic nitrogens is 2. The Kier molecular flexibility index (Phi) is 5.20. The van der Waals surface area contributed by atoms with Gasteiger partial charge in [-0.15, -0.1) is 0 Å². The number of nitrogens with zero attached hydrogens (tertiary/aromatic N) is 3. The van der Waals surface area contributed by atoms with Crippen molar-refractivity contribution in [1.29, 1.82) is 0 Å². The van der Waals surface area contributed by atoms with E-state index < -0.39 is 0 Å². The number of hydrogen-bond acceptors (Lipinski definition) is 3. The van der Waals surface area contributed by atoms with Gasteiger partial charge in [0.25, 0.3) is 5.91 Å². The SMILES string of the molecule is CCCCN(C)c1ccc(C(=O)Nc2cn(C)nc2C)cc1. The van der Waals surface area contributed by atoms with E-state index in [9.17, 15) is 4.79 Å². The molecular formula is C17H24N4O. The van der Waals surface area contributed by atoms with Crippen LogP contribution in [-0.2, 0) is 7.05 Å². The van der Waals surface area contributed by atoms with Crippen molar-refractivity contribution in [2.45, 2.75) is 26.7 Å². The molecule has 0 unspecified atom stereocenters. The molecule has 1 heterocycles. The van der Waals surface area contributed by atoms with Crippen LogP contribution >= 0.6 is 0 Å². The first-order valence-corrected chi connectivity index (χ1v) is 7.64. The van der Waals surface area contributed by atoms with Crippen LogP contribution in [0.1, 0.15) is 35.8 Å². The molecule has 1 amide bonds. The molecule has 2 aromatic rings. The number of aryl methyl sites for hydroxylation is 2. The molecule has 0 fully saturated rings. The number of rotatable bonds is 6. The molecule has 0 aliphatic heterocycles. The van der Waals surface area contributed by atoms with E-state index in [1.165, 1.54) is 12.8 Å². The third-order valence-corrected chi connectivity index (χ3v) is 3.68. The first kappa shape index (κ1) is 16.1. The highest BCUT2D eigenvalue weighted by Gasteiger charge is 2.10. The number of amides is 1. The summed E-state index contributed by atoms with van der Waals surface area (Å²) in [6, 6.07) is 7.69. The maximum absolute atomic E-state index is 12.3. The second kappa shape index (κ2) is 7.11. The van der Waals surface area contributed by atoms with E-state index in [1.807, 2.05) is 38.2 Å². The quantitative estimate of drug-likeness (QED) is 0.891. The van der Waals surface area contributed by atoms with E-state index in [1.54, 1.807) is 10.9 Å². The zero-order valence-corrected chi connectivity index (χ0v) is 13.8. The van der Waals surface area contributed by atoms with Gasteiger partial charge in [0, 0.05) is 38.1 Å². The zero-order valence-electron chi connectivity index (χ0n) is 13.8. The van der Waals surface area contributed by atoms with Crippen LogP contribution in [-0.4, -0.2) is 29.3 Å². The van der Waals surface area contributed by atoms with E-state index in [0.717, 1.165) is 23.6 Å². The summed E-state index contributed by atoms with van der Waals surface area (Å²) in [6.07, 6.45) is 4.15. The Labute approximate surface area is 131 Å². The van der Waals surface area contributed by atoms with Crippen LogP contribution in [0.25, 0.3) is 0 Å². The topological polar surface area (TPSA) is 50.2 Å². The number of benzene rings is 1. The van der Waals surface area contributed by atoms with Gasteiger partial charge in [-0.05, 0) is 37.6 Å². The van der Waals surface area contributed by atoms with Crippen LogP contribution in [0.2, 0.25) is 0 Å². The predicted octanol–water partition coefficient (Wildman–Crippen LogP) is 3.22. The molecule has 0 saturated heterocycles. The monoisotopic (exact) mass is 300 g/mol. The van der Waals surface area contributed by atoms with Gasteiger partial charge < -0.3 is 10.2 Å². The second-order valence-corrected chi connectivity index (χ2v) is 5.58. The van der Waals surface area contributed by atoms with Crippen LogP contribution in [0.4, 0.5) is 11.4 Å². The molecule has 0 saturated carbocycles. The maximum Gasteiger partial charge on any atom is 0.255 e. The molecule has 2 rings (SSSR count). The Morgan fingerprint density at radius 2 is 2.00 bits per heavy atom. The molecule has 22 heavy (non-hydrogen) atoms. The first-order chi connectivity index (χ1) is 10.5. The molecule has 0 aliphatic rings. The van der Waals surface area contributed by atoms with Crippen molar-refractivity contribution in [2.24, 2.45) is 7.05 Å². The predicted molar refractivity (Wildman–Crippen MR) is 90.5 cm³/mol. The number of nitrogens with one attached hydrogen (secondary N) is 1. The Hall–Kier alpha value is -2.30. The summed E-state index contributed by atoms with van der Waals surface area (Å²) in [4.78, 5) is 14.5. The van der Waals surface area contributed by atoms with Crippen LogP contribution in [0.15, 0.2) is 30.5 Å². The minimum atomic E-state index is -0.112. The highest BCUT2D eigenvalue weighted by molar-refractivity contribution is 6.04. The highest BCUT2D eigenvalue weighted by atomic mass is 16.1. The molecule has 0 aliphatic carbocycles. The van der Waals surface area contributed by atoms with Crippen molar-refractivity contribution in [3.8, 4) is 0 Å². The third kappa shape index (κ3) is 3.87. The zero-order chi connectivity index (χ0) is 16.1. The van der Waals surface area contributed by atoms with Crippen LogP contribution in [0.5, 0.6) is 0 Å². The van der Waals surface area contributed by atoms with Gasteiger partial charge >= 0.3 is 0 Å². The van der Waals surface area contributed by atoms with E-state index in [2.05, 4.69) is 29.3 Å². The van der Waals surface area contributed by atoms with E-state index in [4.69, 9.17) is 0 Å². The Bertz CT molecular complexity index is 631. The lowest BCUT2D eigenvalue weighted by atomic mass is 10.1. The van der Waals surface area contributed by atoms with Gasteiger partial charge in [-0.1, -0.05) is 13.3 Å². The number of carbonyl (C=O) groups excluding carboxylic acids is 1. The summed E-state index contributed by atoms with van der Waals surface area (Å²) in [7, 11) is 3.91. The van der Waals surface area contributed by atoms with Crippen LogP contribution < -0.4 is 10.2 Å². The van der Waals surface area contributed by atoms with Crippen molar-refractivity contribution in [2.75, 3.05) is 23.8 Å². The average molecular weight is 300 g/mol. The molecule has 1 aromatic heterocycles. The number of hydrogen-bond donors (Lipinski definition) is 1. The van der Waals surface area contributed by atoms with Crippen molar-refractivity contribution < 1.29 is 4.79 Å². The largest absolute Gasteiger partial charge is 0.375 e. The Balaban J connectivity index is 2.03. The minimum Gasteiger partial charge on any atom is -0.375 e. The van der Waals surface area contributed by atoms with Gasteiger partial charge in [-0.2, -0.15) is 5.10 Å². The van der Waals surface area contributed by atoms with Crippen LogP contribution in [0.3, 0.4) is 0 Å². The summed E-state index contributed by atoms with van der Waals surface area (Å²) in [5, 5.41) is 7.11. The van der Waals surface area contributed by atoms with Crippen molar-refractivity contribution in [3.63, 3.8) is 0 Å². The smallest absolute Gasteiger partial charge is 0.255 e. The van der Waals surface area contributed by atoms with Gasteiger partial charge in [-0.25, -0.2) is 0 Å². The van der Waals surface area contributed by atoms with Crippen molar-refractivity contribution in [1.82, 2.24) is 9.78 Å². The van der Waals surface area contributed by atoms with Gasteiger partial charge in [0.05, 0.1) is 11.4 Å². The fourth-order valence-electron chi connectivity index (χ4n) is 2.31. The van der Waals surface area contributed by atoms with Gasteiger partial charge in [0.2, 0.25) is 0 Å². The lowest BCUT2D eigenvalue weighted by molar-refractivity contribution is 0.102. The summed E-state index contributed by atoms with van der Waals surface area (Å²) >= 11 is 0. The molecule has 5 nitrogen and oxygen atoms in total. The highest BCUT2D eigenvalue weighted by Crippen LogP contribution is 2.17. The molecule has 0 bridgehead atoms. The first-order valence-electron chi connectivity index (χ1n) is 7.64. The molecule has 1 aromatic carbocycles. The lowest BCUT2D eigenvalue weighted by Gasteiger charge is -2.19. The second-order valence-electron chi connectivity index (χ2n) is 5.58. The molecule has 1 N–H and O–H groups in total. The van der Waals surface area contributed by atoms with E-state index in [0.29, 0.717) is 5.56 Å². The Morgan fingerprint density at radius 3 is 2.55 bits per heavy atom. The van der Waals surface area contributed by atoms with E-state index >= 15 is 0 Å². The minimum absolute atomic E-state index is 0.112. The van der Waals surface area contributed by atoms with Crippen molar-refractivity contribution >= 4 is 17.3 Å². The summed E-state index contributed by atoms with van der Waals surface area (Å²) in [5.74, 6) is -0.112. The molecule has 5 heteroatoms. The van der Waals surface area contributed by atoms with Gasteiger partial charge in [-0.3, -0.25) is 9.48 Å². The number of anilines is 2. The van der Waals surface area contributed by atoms with Crippen LogP contribution in [0, 0.1) is 6.92 Å². The summed E-state index contributed by atoms with van der Waals surface area (Å²) < 4.78 is 1.69. The van der Waals surface area contributed by atoms with Gasteiger partial charge in [0.15, 0.2) is 0 Å². The summed E-state index contributed by atoms with van der Waals surface area (Å²) in [6.45, 7) is 5.08. The molecule has 0 atom stereocenters. The van der Waals surface area contributed by atoms with E-state index in [-0.39, 0.29) is 5.91 Å². The number of carbonyl (C=O) groups is 1. The fourth-order valence-corrected chi connectivity index (χ4v) is 2.31. The maximum atomic E-state index is 12.3. The van der Waals surface area contributed by atoms with Crippen molar-refractivity contribution in [3.05, 3.63) is 41.7 Å². The molecule has 118 valence electrons. The van der Waals surface area contributed by atoms with Gasteiger partial charge in [0.1, 0.15) is 0 Å². The Morgan fingerprint density at radius 1 is 1.32 bits per heavy atom. The third-order valence-electron chi connectivity index (χ3n) is 3.68. The molecule has 0 spiro atoms. The standard InChI is InChI=1S/C17H24N4O/c1-5-6-11-20(3)15-9-7-14(8-10-15)17(22)18-16-12-21(4)19-13(16)2/h7-10,12H,5-6,11H2,1-4H3,(H,18,22).